The van der Waals surface area contributed by atoms with E-state index in [0.29, 0.717) is 0 Å². The quantitative estimate of drug-likeness (QED) is 0.554. The van der Waals surface area contributed by atoms with Crippen LogP contribution in [0.4, 0.5) is 17.1 Å². The highest BCUT2D eigenvalue weighted by Crippen LogP contribution is 2.30. The fraction of sp³-hybridized carbons (Fsp3) is 0.250. The van der Waals surface area contributed by atoms with Gasteiger partial charge in [-0.15, -0.1) is 0 Å². The number of nitrogens with zero attached hydrogens (tertiary/aromatic N) is 3. The van der Waals surface area contributed by atoms with Gasteiger partial charge in [-0.1, -0.05) is 6.07 Å². The van der Waals surface area contributed by atoms with E-state index in [9.17, 15) is 14.9 Å². The van der Waals surface area contributed by atoms with E-state index in [1.165, 1.54) is 23.4 Å². The number of hydrogen-bond acceptors (Lipinski definition) is 4. The Kier molecular flexibility index (Phi) is 4.27. The molecule has 0 saturated carbocycles. The lowest BCUT2D eigenvalue weighted by atomic mass is 10.1. The number of nitro benzene ring substituents is 1. The highest BCUT2D eigenvalue weighted by Gasteiger charge is 2.18. The molecular formula is C20H20N4O3. The van der Waals surface area contributed by atoms with E-state index in [1.807, 2.05) is 12.1 Å². The monoisotopic (exact) mass is 364 g/mol. The summed E-state index contributed by atoms with van der Waals surface area (Å²) in [4.78, 5) is 25.3. The van der Waals surface area contributed by atoms with Crippen molar-refractivity contribution in [3.8, 4) is 0 Å². The van der Waals surface area contributed by atoms with Crippen molar-refractivity contribution < 1.29 is 9.72 Å². The first kappa shape index (κ1) is 17.1. The summed E-state index contributed by atoms with van der Waals surface area (Å²) < 4.78 is 1.79. The maximum absolute atomic E-state index is 12.5. The van der Waals surface area contributed by atoms with E-state index < -0.39 is 4.92 Å². The zero-order valence-corrected chi connectivity index (χ0v) is 15.0. The molecule has 1 N–H and O–H groups in total. The Morgan fingerprint density at radius 3 is 2.85 bits per heavy atom. The minimum absolute atomic E-state index is 0.0447. The van der Waals surface area contributed by atoms with Crippen LogP contribution in [0.25, 0.3) is 10.9 Å². The summed E-state index contributed by atoms with van der Waals surface area (Å²) in [5.41, 5.74) is 4.12. The number of anilines is 2. The molecule has 2 heterocycles. The molecule has 0 fully saturated rings. The van der Waals surface area contributed by atoms with Gasteiger partial charge in [0.15, 0.2) is 0 Å². The van der Waals surface area contributed by atoms with E-state index in [1.54, 1.807) is 22.9 Å². The third kappa shape index (κ3) is 3.23. The Labute approximate surface area is 156 Å². The van der Waals surface area contributed by atoms with Crippen LogP contribution in [0, 0.1) is 10.1 Å². The van der Waals surface area contributed by atoms with Crippen molar-refractivity contribution in [1.29, 1.82) is 0 Å². The molecule has 0 bridgehead atoms. The summed E-state index contributed by atoms with van der Waals surface area (Å²) in [7, 11) is 0. The maximum atomic E-state index is 12.5. The molecule has 7 heteroatoms. The number of amides is 1. The van der Waals surface area contributed by atoms with Crippen LogP contribution in [-0.2, 0) is 17.8 Å². The van der Waals surface area contributed by atoms with Crippen LogP contribution in [0.3, 0.4) is 0 Å². The van der Waals surface area contributed by atoms with Crippen LogP contribution < -0.4 is 10.2 Å². The minimum Gasteiger partial charge on any atom is -0.371 e. The van der Waals surface area contributed by atoms with Crippen LogP contribution in [0.15, 0.2) is 48.7 Å². The number of nitro groups is 1. The lowest BCUT2D eigenvalue weighted by Crippen LogP contribution is -2.20. The molecule has 2 aromatic carbocycles. The standard InChI is InChI=1S/C20H20N4O3/c1-2-22-9-7-14-3-4-16(12-19(14)22)21-20(25)13-23-10-8-15-11-17(24(26)27)5-6-18(15)23/h3-6,8,10-12H,2,7,9,13H2,1H3,(H,21,25). The normalized spacial score (nSPS) is 13.0. The van der Waals surface area contributed by atoms with E-state index in [0.717, 1.165) is 36.1 Å². The van der Waals surface area contributed by atoms with Crippen molar-refractivity contribution in [3.63, 3.8) is 0 Å². The van der Waals surface area contributed by atoms with E-state index in [-0.39, 0.29) is 18.1 Å². The van der Waals surface area contributed by atoms with Gasteiger partial charge in [-0.3, -0.25) is 14.9 Å². The molecule has 4 rings (SSSR count). The Balaban J connectivity index is 1.50. The molecule has 0 radical (unpaired) electrons. The number of aromatic nitrogens is 1. The van der Waals surface area contributed by atoms with Gasteiger partial charge in [0.05, 0.1) is 4.92 Å². The first-order chi connectivity index (χ1) is 13.0. The van der Waals surface area contributed by atoms with Crippen LogP contribution in [0.1, 0.15) is 12.5 Å². The third-order valence-corrected chi connectivity index (χ3v) is 5.02. The maximum Gasteiger partial charge on any atom is 0.270 e. The highest BCUT2D eigenvalue weighted by molar-refractivity contribution is 5.93. The first-order valence-electron chi connectivity index (χ1n) is 8.96. The molecule has 3 aromatic rings. The number of likely N-dealkylation sites (N-methyl/N-ethyl adjacent to an activating group) is 1. The van der Waals surface area contributed by atoms with E-state index in [4.69, 9.17) is 0 Å². The Morgan fingerprint density at radius 2 is 2.07 bits per heavy atom. The Bertz CT molecular complexity index is 1040. The average Bonchev–Trinajstić information content (AvgIpc) is 3.24. The summed E-state index contributed by atoms with van der Waals surface area (Å²) >= 11 is 0. The molecule has 1 aromatic heterocycles. The molecule has 1 amide bonds. The number of fused-ring (bicyclic) bond motifs is 2. The van der Waals surface area contributed by atoms with Gasteiger partial charge in [-0.05, 0) is 43.2 Å². The largest absolute Gasteiger partial charge is 0.371 e. The molecule has 1 aliphatic rings. The lowest BCUT2D eigenvalue weighted by Gasteiger charge is -2.17. The van der Waals surface area contributed by atoms with Crippen molar-refractivity contribution >= 4 is 33.9 Å². The second kappa shape index (κ2) is 6.75. The number of carbonyl (C=O) groups excluding carboxylic acids is 1. The van der Waals surface area contributed by atoms with Gasteiger partial charge in [0.1, 0.15) is 6.54 Å². The summed E-state index contributed by atoms with van der Waals surface area (Å²) in [6, 6.07) is 12.5. The molecular weight excluding hydrogens is 344 g/mol. The van der Waals surface area contributed by atoms with Crippen molar-refractivity contribution in [2.75, 3.05) is 23.3 Å². The summed E-state index contributed by atoms with van der Waals surface area (Å²) in [6.45, 7) is 4.24. The Hall–Kier alpha value is -3.35. The molecule has 0 atom stereocenters. The predicted octanol–water partition coefficient (Wildman–Crippen LogP) is 3.57. The lowest BCUT2D eigenvalue weighted by molar-refractivity contribution is -0.384. The summed E-state index contributed by atoms with van der Waals surface area (Å²) in [5.74, 6) is -0.133. The predicted molar refractivity (Wildman–Crippen MR) is 105 cm³/mol. The summed E-state index contributed by atoms with van der Waals surface area (Å²) in [5, 5.41) is 14.6. The number of non-ortho nitro benzene ring substituents is 1. The fourth-order valence-corrected chi connectivity index (χ4v) is 3.65. The van der Waals surface area contributed by atoms with Gasteiger partial charge < -0.3 is 14.8 Å². The van der Waals surface area contributed by atoms with Crippen molar-refractivity contribution in [2.24, 2.45) is 0 Å². The Morgan fingerprint density at radius 1 is 1.22 bits per heavy atom. The van der Waals surface area contributed by atoms with Crippen molar-refractivity contribution in [1.82, 2.24) is 4.57 Å². The number of benzene rings is 2. The van der Waals surface area contributed by atoms with Gasteiger partial charge >= 0.3 is 0 Å². The minimum atomic E-state index is -0.420. The summed E-state index contributed by atoms with van der Waals surface area (Å²) in [6.07, 6.45) is 2.81. The molecule has 138 valence electrons. The molecule has 0 spiro atoms. The second-order valence-electron chi connectivity index (χ2n) is 6.67. The molecule has 0 unspecified atom stereocenters. The molecule has 0 saturated heterocycles. The fourth-order valence-electron chi connectivity index (χ4n) is 3.65. The number of nitrogens with one attached hydrogen (secondary N) is 1. The van der Waals surface area contributed by atoms with Gasteiger partial charge in [-0.25, -0.2) is 0 Å². The zero-order chi connectivity index (χ0) is 19.0. The van der Waals surface area contributed by atoms with Gasteiger partial charge in [0.25, 0.3) is 5.69 Å². The third-order valence-electron chi connectivity index (χ3n) is 5.02. The van der Waals surface area contributed by atoms with Crippen molar-refractivity contribution in [3.05, 3.63) is 64.3 Å². The topological polar surface area (TPSA) is 80.4 Å². The average molecular weight is 364 g/mol. The van der Waals surface area contributed by atoms with Gasteiger partial charge in [-0.2, -0.15) is 0 Å². The SMILES string of the molecule is CCN1CCc2ccc(NC(=O)Cn3ccc4cc([N+](=O)[O-])ccc43)cc21. The zero-order valence-electron chi connectivity index (χ0n) is 15.0. The van der Waals surface area contributed by atoms with Crippen LogP contribution >= 0.6 is 0 Å². The van der Waals surface area contributed by atoms with Gasteiger partial charge in [0.2, 0.25) is 5.91 Å². The van der Waals surface area contributed by atoms with E-state index >= 15 is 0 Å². The smallest absolute Gasteiger partial charge is 0.270 e. The molecule has 27 heavy (non-hydrogen) atoms. The number of hydrogen-bond donors (Lipinski definition) is 1. The first-order valence-corrected chi connectivity index (χ1v) is 8.96. The number of rotatable bonds is 5. The van der Waals surface area contributed by atoms with Crippen LogP contribution in [0.5, 0.6) is 0 Å². The van der Waals surface area contributed by atoms with Gasteiger partial charge in [0, 0.05) is 53.7 Å². The second-order valence-corrected chi connectivity index (χ2v) is 6.67. The molecule has 7 nitrogen and oxygen atoms in total. The highest BCUT2D eigenvalue weighted by atomic mass is 16.6. The molecule has 1 aliphatic heterocycles. The molecule has 0 aliphatic carbocycles. The van der Waals surface area contributed by atoms with E-state index in [2.05, 4.69) is 23.2 Å². The van der Waals surface area contributed by atoms with Crippen molar-refractivity contribution in [2.45, 2.75) is 19.9 Å². The van der Waals surface area contributed by atoms with Crippen LogP contribution in [-0.4, -0.2) is 28.5 Å². The van der Waals surface area contributed by atoms with Crippen LogP contribution in [0.2, 0.25) is 0 Å². The number of carbonyl (C=O) groups is 1.